The van der Waals surface area contributed by atoms with Gasteiger partial charge in [-0.1, -0.05) is 0 Å². The Morgan fingerprint density at radius 2 is 2.25 bits per heavy atom. The first-order valence-electron chi connectivity index (χ1n) is 5.75. The van der Waals surface area contributed by atoms with Crippen molar-refractivity contribution in [1.29, 1.82) is 0 Å². The molecule has 104 valence electrons. The van der Waals surface area contributed by atoms with Crippen molar-refractivity contribution >= 4 is 23.2 Å². The number of nitrogens with zero attached hydrogens (tertiary/aromatic N) is 2. The van der Waals surface area contributed by atoms with Crippen LogP contribution < -0.4 is 0 Å². The molecule has 1 unspecified atom stereocenters. The molecule has 6 nitrogen and oxygen atoms in total. The van der Waals surface area contributed by atoms with Gasteiger partial charge in [-0.05, 0) is 28.5 Å². The Bertz CT molecular complexity index is 625. The van der Waals surface area contributed by atoms with Gasteiger partial charge in [0.2, 0.25) is 0 Å². The molecule has 0 saturated carbocycles. The summed E-state index contributed by atoms with van der Waals surface area (Å²) in [6.07, 6.45) is 0.594. The highest BCUT2D eigenvalue weighted by Crippen LogP contribution is 2.21. The fraction of sp³-hybridized carbons (Fsp3) is 0.154. The summed E-state index contributed by atoms with van der Waals surface area (Å²) in [7, 11) is 0. The summed E-state index contributed by atoms with van der Waals surface area (Å²) in [6.45, 7) is 0.124. The van der Waals surface area contributed by atoms with Gasteiger partial charge in [0, 0.05) is 23.9 Å². The Morgan fingerprint density at radius 3 is 2.90 bits per heavy atom. The van der Waals surface area contributed by atoms with E-state index < -0.39 is 11.0 Å². The molecule has 0 amide bonds. The van der Waals surface area contributed by atoms with Crippen LogP contribution in [0.2, 0.25) is 0 Å². The molecular formula is C13H12N2O4S. The highest BCUT2D eigenvalue weighted by molar-refractivity contribution is 7.07. The number of hydrogen-bond acceptors (Lipinski definition) is 6. The SMILES string of the molecule is O=[N+]([O-])c1ccc(O)c(C=NCC(O)c2ccsc2)c1. The summed E-state index contributed by atoms with van der Waals surface area (Å²) in [4.78, 5) is 14.1. The fourth-order valence-corrected chi connectivity index (χ4v) is 2.29. The average Bonchev–Trinajstić information content (AvgIpc) is 2.94. The number of benzene rings is 1. The summed E-state index contributed by atoms with van der Waals surface area (Å²) >= 11 is 1.48. The molecule has 2 N–H and O–H groups in total. The fourth-order valence-electron chi connectivity index (χ4n) is 1.58. The van der Waals surface area contributed by atoms with Crippen LogP contribution in [0, 0.1) is 10.1 Å². The maximum atomic E-state index is 10.6. The van der Waals surface area contributed by atoms with E-state index in [0.717, 1.165) is 5.56 Å². The number of hydrogen-bond donors (Lipinski definition) is 2. The lowest BCUT2D eigenvalue weighted by Crippen LogP contribution is -2.00. The third kappa shape index (κ3) is 3.40. The number of thiophene rings is 1. The molecule has 0 bridgehead atoms. The van der Waals surface area contributed by atoms with Gasteiger partial charge in [0.1, 0.15) is 5.75 Å². The molecule has 0 radical (unpaired) electrons. The van der Waals surface area contributed by atoms with E-state index in [2.05, 4.69) is 4.99 Å². The first-order chi connectivity index (χ1) is 9.58. The van der Waals surface area contributed by atoms with Crippen molar-refractivity contribution in [2.45, 2.75) is 6.10 Å². The van der Waals surface area contributed by atoms with Crippen LogP contribution >= 0.6 is 11.3 Å². The lowest BCUT2D eigenvalue weighted by atomic mass is 10.2. The highest BCUT2D eigenvalue weighted by atomic mass is 32.1. The first-order valence-corrected chi connectivity index (χ1v) is 6.69. The number of aliphatic imine (C=N–C) groups is 1. The normalized spacial score (nSPS) is 12.7. The summed E-state index contributed by atoms with van der Waals surface area (Å²) in [5, 5.41) is 33.7. The van der Waals surface area contributed by atoms with E-state index in [9.17, 15) is 20.3 Å². The number of aliphatic hydroxyl groups excluding tert-OH is 1. The third-order valence-electron chi connectivity index (χ3n) is 2.66. The molecule has 20 heavy (non-hydrogen) atoms. The van der Waals surface area contributed by atoms with E-state index >= 15 is 0 Å². The number of nitro groups is 1. The van der Waals surface area contributed by atoms with Gasteiger partial charge in [0.25, 0.3) is 5.69 Å². The maximum Gasteiger partial charge on any atom is 0.270 e. The number of rotatable bonds is 5. The molecule has 0 aliphatic carbocycles. The summed E-state index contributed by atoms with van der Waals surface area (Å²) in [5.41, 5.74) is 0.898. The average molecular weight is 292 g/mol. The van der Waals surface area contributed by atoms with Crippen molar-refractivity contribution in [1.82, 2.24) is 0 Å². The van der Waals surface area contributed by atoms with Gasteiger partial charge < -0.3 is 10.2 Å². The Morgan fingerprint density at radius 1 is 1.45 bits per heavy atom. The molecule has 1 heterocycles. The van der Waals surface area contributed by atoms with E-state index in [4.69, 9.17) is 0 Å². The lowest BCUT2D eigenvalue weighted by Gasteiger charge is -2.04. The standard InChI is InChI=1S/C13H12N2O4S/c16-12-2-1-11(15(18)19)5-10(12)6-14-7-13(17)9-3-4-20-8-9/h1-6,8,13,16-17H,7H2. The molecule has 0 aliphatic rings. The molecule has 0 saturated heterocycles. The Labute approximate surface area is 118 Å². The van der Waals surface area contributed by atoms with E-state index in [1.165, 1.54) is 35.8 Å². The second kappa shape index (κ2) is 6.27. The zero-order valence-electron chi connectivity index (χ0n) is 10.3. The van der Waals surface area contributed by atoms with Crippen LogP contribution in [0.25, 0.3) is 0 Å². The van der Waals surface area contributed by atoms with Crippen molar-refractivity contribution < 1.29 is 15.1 Å². The van der Waals surface area contributed by atoms with Crippen molar-refractivity contribution in [2.24, 2.45) is 4.99 Å². The maximum absolute atomic E-state index is 10.6. The highest BCUT2D eigenvalue weighted by Gasteiger charge is 2.09. The Balaban J connectivity index is 2.07. The molecule has 1 aromatic carbocycles. The van der Waals surface area contributed by atoms with Gasteiger partial charge >= 0.3 is 0 Å². The van der Waals surface area contributed by atoms with Crippen LogP contribution in [0.5, 0.6) is 5.75 Å². The van der Waals surface area contributed by atoms with E-state index in [0.29, 0.717) is 0 Å². The second-order valence-corrected chi connectivity index (χ2v) is 4.85. The zero-order chi connectivity index (χ0) is 14.5. The minimum atomic E-state index is -0.724. The van der Waals surface area contributed by atoms with Gasteiger partial charge in [-0.2, -0.15) is 11.3 Å². The van der Waals surface area contributed by atoms with Crippen molar-refractivity contribution in [3.8, 4) is 5.75 Å². The van der Waals surface area contributed by atoms with Gasteiger partial charge in [-0.25, -0.2) is 0 Å². The minimum absolute atomic E-state index is 0.0932. The predicted molar refractivity (Wildman–Crippen MR) is 76.5 cm³/mol. The molecule has 2 aromatic rings. The molecule has 2 rings (SSSR count). The zero-order valence-corrected chi connectivity index (χ0v) is 11.2. The minimum Gasteiger partial charge on any atom is -0.507 e. The third-order valence-corrected chi connectivity index (χ3v) is 3.36. The number of phenolic OH excluding ortho intramolecular Hbond substituents is 1. The predicted octanol–water partition coefficient (Wildman–Crippen LogP) is 2.51. The molecule has 7 heteroatoms. The second-order valence-electron chi connectivity index (χ2n) is 4.07. The number of aromatic hydroxyl groups is 1. The Kier molecular flexibility index (Phi) is 4.44. The molecule has 0 fully saturated rings. The van der Waals surface area contributed by atoms with Crippen LogP contribution in [0.15, 0.2) is 40.0 Å². The topological polar surface area (TPSA) is 96.0 Å². The van der Waals surface area contributed by atoms with Crippen molar-refractivity contribution in [3.63, 3.8) is 0 Å². The number of aliphatic hydroxyl groups is 1. The van der Waals surface area contributed by atoms with Crippen LogP contribution in [0.1, 0.15) is 17.2 Å². The molecular weight excluding hydrogens is 280 g/mol. The number of non-ortho nitro benzene ring substituents is 1. The summed E-state index contributed by atoms with van der Waals surface area (Å²) < 4.78 is 0. The summed E-state index contributed by atoms with van der Waals surface area (Å²) in [6, 6.07) is 5.49. The van der Waals surface area contributed by atoms with E-state index in [1.807, 2.05) is 10.8 Å². The molecule has 1 aromatic heterocycles. The van der Waals surface area contributed by atoms with Gasteiger partial charge in [0.05, 0.1) is 17.6 Å². The van der Waals surface area contributed by atoms with Crippen LogP contribution in [-0.4, -0.2) is 27.9 Å². The number of phenols is 1. The summed E-state index contributed by atoms with van der Waals surface area (Å²) in [5.74, 6) is -0.0932. The monoisotopic (exact) mass is 292 g/mol. The van der Waals surface area contributed by atoms with E-state index in [-0.39, 0.29) is 23.5 Å². The van der Waals surface area contributed by atoms with Crippen molar-refractivity contribution in [2.75, 3.05) is 6.54 Å². The van der Waals surface area contributed by atoms with Crippen LogP contribution in [0.3, 0.4) is 0 Å². The number of nitro benzene ring substituents is 1. The largest absolute Gasteiger partial charge is 0.507 e. The smallest absolute Gasteiger partial charge is 0.270 e. The van der Waals surface area contributed by atoms with Crippen molar-refractivity contribution in [3.05, 3.63) is 56.3 Å². The molecule has 0 aliphatic heterocycles. The quantitative estimate of drug-likeness (QED) is 0.503. The van der Waals surface area contributed by atoms with Gasteiger partial charge in [-0.3, -0.25) is 15.1 Å². The van der Waals surface area contributed by atoms with E-state index in [1.54, 1.807) is 6.07 Å². The van der Waals surface area contributed by atoms with Gasteiger partial charge in [0.15, 0.2) is 0 Å². The lowest BCUT2D eigenvalue weighted by molar-refractivity contribution is -0.384. The first kappa shape index (κ1) is 14.2. The Hall–Kier alpha value is -2.25. The van der Waals surface area contributed by atoms with Crippen LogP contribution in [-0.2, 0) is 0 Å². The van der Waals surface area contributed by atoms with Gasteiger partial charge in [-0.15, -0.1) is 0 Å². The molecule has 0 spiro atoms. The molecule has 1 atom stereocenters. The van der Waals surface area contributed by atoms with Crippen LogP contribution in [0.4, 0.5) is 5.69 Å².